The number of halogens is 1. The van der Waals surface area contributed by atoms with Crippen molar-refractivity contribution in [1.82, 2.24) is 9.80 Å². The van der Waals surface area contributed by atoms with Crippen LogP contribution in [0, 0.1) is 5.92 Å². The molecule has 2 fully saturated rings. The Bertz CT molecular complexity index is 335. The van der Waals surface area contributed by atoms with Crippen molar-refractivity contribution in [2.24, 2.45) is 5.92 Å². The summed E-state index contributed by atoms with van der Waals surface area (Å²) in [5, 5.41) is 0.313. The van der Waals surface area contributed by atoms with Crippen LogP contribution < -0.4 is 0 Å². The van der Waals surface area contributed by atoms with Gasteiger partial charge in [-0.05, 0) is 31.6 Å². The van der Waals surface area contributed by atoms with Crippen LogP contribution in [0.3, 0.4) is 0 Å². The minimum Gasteiger partial charge on any atom is -0.341 e. The number of nitrogens with zero attached hydrogens (tertiary/aromatic N) is 2. The third-order valence-electron chi connectivity index (χ3n) is 3.94. The van der Waals surface area contributed by atoms with Crippen LogP contribution in [0.5, 0.6) is 0 Å². The highest BCUT2D eigenvalue weighted by Crippen LogP contribution is 2.23. The molecule has 102 valence electrons. The summed E-state index contributed by atoms with van der Waals surface area (Å²) in [4.78, 5) is 28.0. The van der Waals surface area contributed by atoms with Crippen molar-refractivity contribution < 1.29 is 9.59 Å². The largest absolute Gasteiger partial charge is 0.341 e. The molecule has 0 aromatic rings. The van der Waals surface area contributed by atoms with Gasteiger partial charge in [-0.25, -0.2) is 0 Å². The second-order valence-electron chi connectivity index (χ2n) is 5.41. The van der Waals surface area contributed by atoms with E-state index < -0.39 is 0 Å². The van der Waals surface area contributed by atoms with E-state index in [2.05, 4.69) is 22.9 Å². The molecule has 0 aromatic carbocycles. The zero-order valence-electron chi connectivity index (χ0n) is 10.9. The number of hydrogen-bond acceptors (Lipinski definition) is 2. The van der Waals surface area contributed by atoms with Gasteiger partial charge in [0, 0.05) is 19.6 Å². The first kappa shape index (κ1) is 13.8. The lowest BCUT2D eigenvalue weighted by Gasteiger charge is -2.35. The first-order chi connectivity index (χ1) is 8.63. The van der Waals surface area contributed by atoms with Crippen molar-refractivity contribution in [2.75, 3.05) is 25.0 Å². The number of carbonyl (C=O) groups excluding carboxylic acids is 2. The molecular formula is C13H21BrN2O2. The topological polar surface area (TPSA) is 40.6 Å². The van der Waals surface area contributed by atoms with Crippen LogP contribution in [0.1, 0.15) is 32.6 Å². The molecule has 0 radical (unpaired) electrons. The van der Waals surface area contributed by atoms with E-state index in [0.29, 0.717) is 11.2 Å². The van der Waals surface area contributed by atoms with Crippen LogP contribution in [0.4, 0.5) is 0 Å². The van der Waals surface area contributed by atoms with E-state index >= 15 is 0 Å². The average molecular weight is 317 g/mol. The van der Waals surface area contributed by atoms with Gasteiger partial charge >= 0.3 is 0 Å². The zero-order valence-corrected chi connectivity index (χ0v) is 12.5. The van der Waals surface area contributed by atoms with Crippen molar-refractivity contribution in [3.05, 3.63) is 0 Å². The van der Waals surface area contributed by atoms with Gasteiger partial charge in [-0.1, -0.05) is 22.9 Å². The third kappa shape index (κ3) is 2.87. The van der Waals surface area contributed by atoms with Crippen LogP contribution in [-0.4, -0.2) is 52.6 Å². The number of rotatable bonds is 2. The molecule has 2 aliphatic heterocycles. The van der Waals surface area contributed by atoms with Gasteiger partial charge in [-0.3, -0.25) is 9.59 Å². The molecule has 18 heavy (non-hydrogen) atoms. The monoisotopic (exact) mass is 316 g/mol. The highest BCUT2D eigenvalue weighted by Gasteiger charge is 2.36. The fourth-order valence-corrected chi connectivity index (χ4v) is 3.32. The molecule has 0 unspecified atom stereocenters. The summed E-state index contributed by atoms with van der Waals surface area (Å²) in [5.74, 6) is 0.786. The molecule has 0 spiro atoms. The molecule has 4 nitrogen and oxygen atoms in total. The van der Waals surface area contributed by atoms with Gasteiger partial charge in [0.2, 0.25) is 11.8 Å². The Kier molecular flexibility index (Phi) is 4.65. The Balaban J connectivity index is 2.01. The van der Waals surface area contributed by atoms with Crippen molar-refractivity contribution in [3.8, 4) is 0 Å². The molecular weight excluding hydrogens is 296 g/mol. The fourth-order valence-electron chi connectivity index (χ4n) is 3.00. The Morgan fingerprint density at radius 1 is 1.22 bits per heavy atom. The first-order valence-electron chi connectivity index (χ1n) is 6.77. The summed E-state index contributed by atoms with van der Waals surface area (Å²) in [6.45, 7) is 4.63. The van der Waals surface area contributed by atoms with Gasteiger partial charge in [0.1, 0.15) is 6.04 Å². The van der Waals surface area contributed by atoms with Crippen LogP contribution in [0.15, 0.2) is 0 Å². The van der Waals surface area contributed by atoms with Crippen molar-refractivity contribution in [2.45, 2.75) is 38.6 Å². The maximum Gasteiger partial charge on any atom is 0.245 e. The van der Waals surface area contributed by atoms with Crippen LogP contribution in [0.2, 0.25) is 0 Å². The molecule has 2 saturated heterocycles. The lowest BCUT2D eigenvalue weighted by Crippen LogP contribution is -2.50. The van der Waals surface area contributed by atoms with Crippen LogP contribution in [-0.2, 0) is 9.59 Å². The lowest BCUT2D eigenvalue weighted by molar-refractivity contribution is -0.143. The summed E-state index contributed by atoms with van der Waals surface area (Å²) in [6.07, 6.45) is 4.06. The summed E-state index contributed by atoms with van der Waals surface area (Å²) in [6, 6.07) is -0.208. The number of hydrogen-bond donors (Lipinski definition) is 0. The lowest BCUT2D eigenvalue weighted by atomic mass is 9.99. The summed E-state index contributed by atoms with van der Waals surface area (Å²) < 4.78 is 0. The number of amides is 2. The Morgan fingerprint density at radius 2 is 1.94 bits per heavy atom. The van der Waals surface area contributed by atoms with Gasteiger partial charge in [-0.2, -0.15) is 0 Å². The van der Waals surface area contributed by atoms with Gasteiger partial charge in [-0.15, -0.1) is 0 Å². The van der Waals surface area contributed by atoms with Crippen molar-refractivity contribution in [3.63, 3.8) is 0 Å². The van der Waals surface area contributed by atoms with E-state index in [1.165, 1.54) is 6.42 Å². The smallest absolute Gasteiger partial charge is 0.245 e. The minimum atomic E-state index is -0.208. The minimum absolute atomic E-state index is 0.0379. The third-order valence-corrected chi connectivity index (χ3v) is 4.42. The maximum absolute atomic E-state index is 12.5. The fraction of sp³-hybridized carbons (Fsp3) is 0.846. The SMILES string of the molecule is C[C@H]1CCCN(C(=O)[C@@H]2CCCN2C(=O)CBr)C1. The van der Waals surface area contributed by atoms with Gasteiger partial charge in [0.15, 0.2) is 0 Å². The first-order valence-corrected chi connectivity index (χ1v) is 7.90. The molecule has 0 bridgehead atoms. The van der Waals surface area contributed by atoms with Crippen molar-refractivity contribution >= 4 is 27.7 Å². The number of piperidine rings is 1. The van der Waals surface area contributed by atoms with E-state index in [9.17, 15) is 9.59 Å². The number of alkyl halides is 1. The highest BCUT2D eigenvalue weighted by atomic mass is 79.9. The molecule has 0 aliphatic carbocycles. The number of likely N-dealkylation sites (tertiary alicyclic amines) is 2. The highest BCUT2D eigenvalue weighted by molar-refractivity contribution is 9.09. The maximum atomic E-state index is 12.5. The van der Waals surface area contributed by atoms with Crippen LogP contribution in [0.25, 0.3) is 0 Å². The summed E-state index contributed by atoms with van der Waals surface area (Å²) in [7, 11) is 0. The Labute approximate surface area is 117 Å². The quantitative estimate of drug-likeness (QED) is 0.727. The Morgan fingerprint density at radius 3 is 2.61 bits per heavy atom. The molecule has 0 aromatic heterocycles. The predicted molar refractivity (Wildman–Crippen MR) is 73.5 cm³/mol. The molecule has 2 amide bonds. The van der Waals surface area contributed by atoms with E-state index in [1.54, 1.807) is 4.90 Å². The van der Waals surface area contributed by atoms with Crippen LogP contribution >= 0.6 is 15.9 Å². The summed E-state index contributed by atoms with van der Waals surface area (Å²) in [5.41, 5.74) is 0. The molecule has 2 rings (SSSR count). The van der Waals surface area contributed by atoms with E-state index in [0.717, 1.165) is 38.9 Å². The molecule has 2 heterocycles. The molecule has 0 N–H and O–H groups in total. The van der Waals surface area contributed by atoms with Gasteiger partial charge < -0.3 is 9.80 Å². The molecule has 0 saturated carbocycles. The van der Waals surface area contributed by atoms with E-state index in [1.807, 2.05) is 4.90 Å². The molecule has 2 aliphatic rings. The Hall–Kier alpha value is -0.580. The normalized spacial score (nSPS) is 28.6. The second-order valence-corrected chi connectivity index (χ2v) is 5.97. The van der Waals surface area contributed by atoms with Crippen molar-refractivity contribution in [1.29, 1.82) is 0 Å². The molecule has 5 heteroatoms. The second kappa shape index (κ2) is 6.04. The standard InChI is InChI=1S/C13H21BrN2O2/c1-10-4-2-6-15(9-10)13(18)11-5-3-7-16(11)12(17)8-14/h10-11H,2-9H2,1H3/t10-,11-/m0/s1. The number of carbonyl (C=O) groups is 2. The van der Waals surface area contributed by atoms with E-state index in [-0.39, 0.29) is 17.9 Å². The van der Waals surface area contributed by atoms with E-state index in [4.69, 9.17) is 0 Å². The molecule has 2 atom stereocenters. The predicted octanol–water partition coefficient (Wildman–Crippen LogP) is 1.63. The van der Waals surface area contributed by atoms with Gasteiger partial charge in [0.05, 0.1) is 5.33 Å². The average Bonchev–Trinajstić information content (AvgIpc) is 2.86. The van der Waals surface area contributed by atoms with Gasteiger partial charge in [0.25, 0.3) is 0 Å². The summed E-state index contributed by atoms with van der Waals surface area (Å²) >= 11 is 3.19. The zero-order chi connectivity index (χ0) is 13.1.